The Kier molecular flexibility index (Phi) is 7.34. The average molecular weight is 559 g/mol. The zero-order chi connectivity index (χ0) is 28.6. The second-order valence-corrected chi connectivity index (χ2v) is 9.06. The number of imidazole rings is 2. The number of nitrogens with zero attached hydrogens (tertiary/aromatic N) is 9. The van der Waals surface area contributed by atoms with E-state index in [1.165, 1.54) is 17.2 Å². The van der Waals surface area contributed by atoms with Gasteiger partial charge in [-0.05, 0) is 5.53 Å². The summed E-state index contributed by atoms with van der Waals surface area (Å²) < 4.78 is 14.3. The topological polar surface area (TPSA) is 313 Å². The molecule has 10 N–H and O–H groups in total. The van der Waals surface area contributed by atoms with Crippen molar-refractivity contribution in [2.45, 2.75) is 49.7 Å². The Morgan fingerprint density at radius 1 is 0.950 bits per heavy atom. The third-order valence-electron chi connectivity index (χ3n) is 6.49. The molecule has 20 heteroatoms. The van der Waals surface area contributed by atoms with Crippen LogP contribution >= 0.6 is 0 Å². The van der Waals surface area contributed by atoms with Crippen LogP contribution in [0.4, 0.5) is 11.9 Å². The summed E-state index contributed by atoms with van der Waals surface area (Å²) in [6.07, 6.45) is 0.00330. The smallest absolute Gasteiger partial charge is 0.280 e. The van der Waals surface area contributed by atoms with Crippen LogP contribution < -0.4 is 28.3 Å². The number of ether oxygens (including phenoxy) is 2. The molecule has 0 saturated carbocycles. The van der Waals surface area contributed by atoms with Gasteiger partial charge in [0.25, 0.3) is 11.1 Å². The van der Waals surface area contributed by atoms with Crippen LogP contribution in [-0.4, -0.2) is 86.8 Å². The molecule has 0 aromatic carbocycles. The second-order valence-electron chi connectivity index (χ2n) is 9.06. The van der Waals surface area contributed by atoms with E-state index in [2.05, 4.69) is 39.9 Å². The van der Waals surface area contributed by atoms with Crippen molar-refractivity contribution >= 4 is 34.2 Å². The van der Waals surface area contributed by atoms with Gasteiger partial charge in [0, 0.05) is 24.3 Å². The van der Waals surface area contributed by atoms with Gasteiger partial charge in [-0.25, -0.2) is 9.97 Å². The number of hydrogen-bond donors (Lipinski definition) is 7. The lowest BCUT2D eigenvalue weighted by Crippen LogP contribution is -2.29. The van der Waals surface area contributed by atoms with Gasteiger partial charge in [0.1, 0.15) is 12.5 Å². The van der Waals surface area contributed by atoms with Crippen molar-refractivity contribution in [2.75, 3.05) is 24.6 Å². The lowest BCUT2D eigenvalue weighted by atomic mass is 10.2. The number of nitrogens with two attached hydrogens (primary N) is 3. The van der Waals surface area contributed by atoms with Crippen molar-refractivity contribution in [3.63, 3.8) is 0 Å². The van der Waals surface area contributed by atoms with Crippen LogP contribution in [0.2, 0.25) is 0 Å². The molecule has 2 aliphatic rings. The molecule has 212 valence electrons. The molecule has 0 amide bonds. The number of anilines is 2. The Hall–Kier alpha value is -4.59. The van der Waals surface area contributed by atoms with Crippen molar-refractivity contribution in [3.05, 3.63) is 43.8 Å². The number of rotatable bonds is 5. The molecule has 2 aliphatic heterocycles. The summed E-state index contributed by atoms with van der Waals surface area (Å²) in [5.74, 6) is -0.0217. The molecular weight excluding hydrogens is 532 g/mol. The van der Waals surface area contributed by atoms with Gasteiger partial charge in [-0.15, -0.1) is 0 Å². The Morgan fingerprint density at radius 3 is 1.88 bits per heavy atom. The zero-order valence-electron chi connectivity index (χ0n) is 20.7. The number of aliphatic hydroxyl groups excluding tert-OH is 2. The van der Waals surface area contributed by atoms with Gasteiger partial charge in [0.2, 0.25) is 11.9 Å². The summed E-state index contributed by atoms with van der Waals surface area (Å²) in [4.78, 5) is 46.8. The van der Waals surface area contributed by atoms with Crippen LogP contribution in [0, 0.1) is 0 Å². The van der Waals surface area contributed by atoms with Gasteiger partial charge in [-0.2, -0.15) is 9.97 Å². The third-order valence-corrected chi connectivity index (χ3v) is 6.49. The molecule has 20 nitrogen and oxygen atoms in total. The quantitative estimate of drug-likeness (QED) is 0.0790. The van der Waals surface area contributed by atoms with E-state index in [9.17, 15) is 19.8 Å². The van der Waals surface area contributed by atoms with E-state index in [1.54, 1.807) is 4.57 Å². The molecule has 6 atom stereocenters. The largest absolute Gasteiger partial charge is 0.390 e. The zero-order valence-corrected chi connectivity index (χ0v) is 20.7. The average Bonchev–Trinajstić information content (AvgIpc) is 3.68. The Balaban J connectivity index is 0.000000162. The predicted molar refractivity (Wildman–Crippen MR) is 137 cm³/mol. The van der Waals surface area contributed by atoms with Crippen LogP contribution in [-0.2, 0) is 9.47 Å². The molecule has 2 saturated heterocycles. The lowest BCUT2D eigenvalue weighted by Gasteiger charge is -2.13. The number of aliphatic hydroxyl groups is 2. The van der Waals surface area contributed by atoms with E-state index >= 15 is 0 Å². The number of nitrogens with one attached hydrogen (secondary N) is 2. The summed E-state index contributed by atoms with van der Waals surface area (Å²) >= 11 is 0. The van der Waals surface area contributed by atoms with Crippen molar-refractivity contribution in [1.82, 2.24) is 39.0 Å². The van der Waals surface area contributed by atoms with Crippen molar-refractivity contribution in [2.24, 2.45) is 10.8 Å². The molecule has 0 radical (unpaired) electrons. The highest BCUT2D eigenvalue weighted by Crippen LogP contribution is 2.31. The molecule has 40 heavy (non-hydrogen) atoms. The molecular formula is C20H26N14O6. The number of nitrogen functional groups attached to an aromatic ring is 2. The minimum absolute atomic E-state index is 0.00757. The number of hydrogen-bond acceptors (Lipinski definition) is 14. The van der Waals surface area contributed by atoms with E-state index in [4.69, 9.17) is 32.2 Å². The third kappa shape index (κ3) is 5.04. The number of aromatic nitrogens is 8. The molecule has 6 rings (SSSR count). The van der Waals surface area contributed by atoms with Crippen molar-refractivity contribution < 1.29 is 19.7 Å². The molecule has 6 heterocycles. The van der Waals surface area contributed by atoms with Gasteiger partial charge in [0.05, 0.1) is 43.6 Å². The fourth-order valence-electron chi connectivity index (χ4n) is 4.57. The first kappa shape index (κ1) is 27.0. The maximum absolute atomic E-state index is 11.7. The van der Waals surface area contributed by atoms with E-state index in [0.717, 1.165) is 0 Å². The minimum Gasteiger partial charge on any atom is -0.390 e. The van der Waals surface area contributed by atoms with E-state index in [-0.39, 0.29) is 48.1 Å². The second kappa shape index (κ2) is 10.9. The van der Waals surface area contributed by atoms with Crippen LogP contribution in [0.3, 0.4) is 0 Å². The molecule has 0 aliphatic carbocycles. The molecule has 2 fully saturated rings. The fraction of sp³-hybridized carbons (Fsp3) is 0.500. The maximum Gasteiger partial charge on any atom is 0.280 e. The predicted octanol–water partition coefficient (Wildman–Crippen LogP) is -2.03. The number of azide groups is 1. The van der Waals surface area contributed by atoms with Crippen LogP contribution in [0.1, 0.15) is 25.3 Å². The van der Waals surface area contributed by atoms with E-state index < -0.39 is 48.0 Å². The highest BCUT2D eigenvalue weighted by atomic mass is 16.5. The highest BCUT2D eigenvalue weighted by molar-refractivity contribution is 5.71. The first-order chi connectivity index (χ1) is 19.2. The Morgan fingerprint density at radius 2 is 1.43 bits per heavy atom. The van der Waals surface area contributed by atoms with Crippen LogP contribution in [0.25, 0.3) is 32.8 Å². The molecule has 4 aromatic heterocycles. The summed E-state index contributed by atoms with van der Waals surface area (Å²) in [7, 11) is 0. The van der Waals surface area contributed by atoms with Gasteiger partial charge < -0.3 is 36.9 Å². The number of H-pyrrole nitrogens is 2. The van der Waals surface area contributed by atoms with Crippen molar-refractivity contribution in [1.29, 1.82) is 0 Å². The number of fused-ring (bicyclic) bond motifs is 2. The van der Waals surface area contributed by atoms with Crippen LogP contribution in [0.15, 0.2) is 27.4 Å². The van der Waals surface area contributed by atoms with Crippen LogP contribution in [0.5, 0.6) is 0 Å². The first-order valence-corrected chi connectivity index (χ1v) is 12.0. The maximum atomic E-state index is 11.7. The summed E-state index contributed by atoms with van der Waals surface area (Å²) in [6.45, 7) is 0.247. The monoisotopic (exact) mass is 558 g/mol. The van der Waals surface area contributed by atoms with Gasteiger partial charge in [-0.1, -0.05) is 5.11 Å². The summed E-state index contributed by atoms with van der Waals surface area (Å²) in [5, 5.41) is 23.1. The molecule has 0 unspecified atom stereocenters. The van der Waals surface area contributed by atoms with Gasteiger partial charge in [-0.3, -0.25) is 28.7 Å². The normalized spacial score (nSPS) is 26.1. The Labute approximate surface area is 222 Å². The molecule has 0 bridgehead atoms. The van der Waals surface area contributed by atoms with Crippen molar-refractivity contribution in [3.8, 4) is 0 Å². The minimum atomic E-state index is -0.780. The lowest BCUT2D eigenvalue weighted by molar-refractivity contribution is -0.0115. The van der Waals surface area contributed by atoms with E-state index in [1.807, 2.05) is 0 Å². The summed E-state index contributed by atoms with van der Waals surface area (Å²) in [6, 6.07) is 0. The number of aromatic amines is 2. The Bertz CT molecular complexity index is 1690. The van der Waals surface area contributed by atoms with E-state index in [0.29, 0.717) is 12.1 Å². The molecule has 0 spiro atoms. The summed E-state index contributed by atoms with van der Waals surface area (Å²) in [5.41, 5.74) is 24.9. The van der Waals surface area contributed by atoms with Gasteiger partial charge in [0.15, 0.2) is 22.3 Å². The SMILES string of the molecule is NC[C@H]1O[C@@H](n2cnc3c(=O)[nH]c(N)nc32)C[C@@H]1O.[N-]=[N+]=NC[C@H]1O[C@@H](n2cnc3c(=O)[nH]c(N)nc32)C[C@@H]1O. The molecule has 4 aromatic rings. The fourth-order valence-corrected chi connectivity index (χ4v) is 4.57. The standard InChI is InChI=1S/C10H12N8O3.C10H14N6O3/c11-10-15-8-7(9(20)16-10)13-3-18(8)6-1-4(19)5(21-6)2-14-17-12;11-2-5-4(17)1-6(19-5)16-3-13-7-8(16)14-10(12)15-9(7)18/h3-6,19H,1-2H2,(H3,11,15,16,20);3-6,17H,1-2,11H2,(H3,12,14,15,18)/t2*4-,5+,6+/m00/s1. The van der Waals surface area contributed by atoms with Gasteiger partial charge >= 0.3 is 0 Å². The highest BCUT2D eigenvalue weighted by Gasteiger charge is 2.36. The first-order valence-electron chi connectivity index (χ1n) is 12.0.